The monoisotopic (exact) mass is 260 g/mol. The van der Waals surface area contributed by atoms with E-state index in [0.29, 0.717) is 28.3 Å². The van der Waals surface area contributed by atoms with Gasteiger partial charge in [0.25, 0.3) is 0 Å². The Bertz CT molecular complexity index is 432. The van der Waals surface area contributed by atoms with Gasteiger partial charge in [-0.2, -0.15) is 0 Å². The Morgan fingerprint density at radius 3 is 2.27 bits per heavy atom. The van der Waals surface area contributed by atoms with Crippen LogP contribution in [-0.2, 0) is 6.42 Å². The van der Waals surface area contributed by atoms with Crippen LogP contribution in [0.15, 0.2) is 28.2 Å². The topological polar surface area (TPSA) is 24.7 Å². The van der Waals surface area contributed by atoms with E-state index in [2.05, 4.69) is 9.98 Å². The van der Waals surface area contributed by atoms with E-state index in [0.717, 1.165) is 11.3 Å². The Kier molecular flexibility index (Phi) is 3.29. The molecule has 5 heteroatoms. The Labute approximate surface area is 103 Å². The van der Waals surface area contributed by atoms with E-state index in [1.165, 1.54) is 0 Å². The quantitative estimate of drug-likeness (QED) is 0.727. The molecule has 0 aromatic heterocycles. The lowest BCUT2D eigenvalue weighted by atomic mass is 10.1. The van der Waals surface area contributed by atoms with E-state index in [1.807, 2.05) is 12.1 Å². The van der Waals surface area contributed by atoms with E-state index in [9.17, 15) is 0 Å². The summed E-state index contributed by atoms with van der Waals surface area (Å²) in [5, 5.41) is 1.57. The van der Waals surface area contributed by atoms with Crippen LogP contribution in [0.25, 0.3) is 0 Å². The molecule has 0 fully saturated rings. The molecule has 0 N–H and O–H groups in total. The molecule has 0 radical (unpaired) electrons. The van der Waals surface area contributed by atoms with Gasteiger partial charge in [-0.05, 0) is 35.4 Å². The van der Waals surface area contributed by atoms with Crippen molar-refractivity contribution in [2.24, 2.45) is 9.98 Å². The van der Waals surface area contributed by atoms with Gasteiger partial charge in [-0.3, -0.25) is 4.99 Å². The van der Waals surface area contributed by atoms with Crippen molar-refractivity contribution in [1.82, 2.24) is 0 Å². The summed E-state index contributed by atoms with van der Waals surface area (Å²) in [5.41, 5.74) is 1.95. The van der Waals surface area contributed by atoms with E-state index in [-0.39, 0.29) is 0 Å². The number of benzene rings is 1. The summed E-state index contributed by atoms with van der Waals surface area (Å²) in [6.45, 7) is 0.558. The lowest BCUT2D eigenvalue weighted by Gasteiger charge is -2.02. The lowest BCUT2D eigenvalue weighted by molar-refractivity contribution is 1.24. The molecule has 0 amide bonds. The number of aliphatic imine (C=N–C) groups is 2. The van der Waals surface area contributed by atoms with Crippen LogP contribution in [0.4, 0.5) is 0 Å². The Morgan fingerprint density at radius 1 is 1.07 bits per heavy atom. The summed E-state index contributed by atoms with van der Waals surface area (Å²) < 4.78 is 0. The zero-order valence-corrected chi connectivity index (χ0v) is 9.94. The maximum absolute atomic E-state index is 5.89. The second-order valence-electron chi connectivity index (χ2n) is 3.22. The zero-order chi connectivity index (χ0) is 10.8. The van der Waals surface area contributed by atoms with Gasteiger partial charge in [-0.25, -0.2) is 4.99 Å². The van der Waals surface area contributed by atoms with Gasteiger partial charge in [-0.15, -0.1) is 0 Å². The summed E-state index contributed by atoms with van der Waals surface area (Å²) in [6.07, 6.45) is 0.681. The molecule has 2 rings (SSSR count). The normalized spacial score (nSPS) is 15.1. The molecule has 0 bridgehead atoms. The second kappa shape index (κ2) is 4.52. The van der Waals surface area contributed by atoms with Gasteiger partial charge in [0.15, 0.2) is 0 Å². The first kappa shape index (κ1) is 10.9. The first-order chi connectivity index (χ1) is 7.13. The van der Waals surface area contributed by atoms with Gasteiger partial charge in [0.2, 0.25) is 5.29 Å². The van der Waals surface area contributed by atoms with Gasteiger partial charge in [0.1, 0.15) is 0 Å². The van der Waals surface area contributed by atoms with Crippen molar-refractivity contribution in [3.63, 3.8) is 0 Å². The van der Waals surface area contributed by atoms with Crippen LogP contribution in [0.1, 0.15) is 5.56 Å². The lowest BCUT2D eigenvalue weighted by Crippen LogP contribution is -2.03. The van der Waals surface area contributed by atoms with Crippen molar-refractivity contribution in [2.75, 3.05) is 6.54 Å². The van der Waals surface area contributed by atoms with Gasteiger partial charge < -0.3 is 0 Å². The predicted octanol–water partition coefficient (Wildman–Crippen LogP) is 3.59. The van der Waals surface area contributed by atoms with Crippen molar-refractivity contribution in [3.8, 4) is 0 Å². The summed E-state index contributed by atoms with van der Waals surface area (Å²) in [7, 11) is 0. The highest BCUT2D eigenvalue weighted by molar-refractivity contribution is 6.66. The average Bonchev–Trinajstić information content (AvgIpc) is 2.49. The summed E-state index contributed by atoms with van der Waals surface area (Å²) in [6, 6.07) is 5.43. The summed E-state index contributed by atoms with van der Waals surface area (Å²) >= 11 is 17.4. The maximum atomic E-state index is 5.89. The number of rotatable bonds is 2. The van der Waals surface area contributed by atoms with Crippen LogP contribution in [0, 0.1) is 0 Å². The minimum Gasteiger partial charge on any atom is -0.250 e. The first-order valence-corrected chi connectivity index (χ1v) is 5.48. The van der Waals surface area contributed by atoms with Crippen LogP contribution < -0.4 is 0 Å². The van der Waals surface area contributed by atoms with E-state index in [4.69, 9.17) is 34.8 Å². The van der Waals surface area contributed by atoms with Crippen LogP contribution in [-0.4, -0.2) is 17.6 Å². The molecule has 1 aliphatic rings. The predicted molar refractivity (Wildman–Crippen MR) is 65.8 cm³/mol. The standard InChI is InChI=1S/C10H7Cl3N2/c11-7-1-6(2-8(12)4-7)3-9-5-14-10(13)15-9/h1-2,4H,3,5H2. The number of hydrogen-bond acceptors (Lipinski definition) is 2. The molecule has 0 unspecified atom stereocenters. The van der Waals surface area contributed by atoms with Crippen molar-refractivity contribution in [1.29, 1.82) is 0 Å². The molecule has 78 valence electrons. The molecule has 0 saturated heterocycles. The fourth-order valence-corrected chi connectivity index (χ4v) is 2.15. The van der Waals surface area contributed by atoms with Crippen molar-refractivity contribution in [3.05, 3.63) is 33.8 Å². The highest BCUT2D eigenvalue weighted by atomic mass is 35.5. The molecule has 0 spiro atoms. The fraction of sp³-hybridized carbons (Fsp3) is 0.200. The molecule has 1 aromatic carbocycles. The zero-order valence-electron chi connectivity index (χ0n) is 7.67. The first-order valence-electron chi connectivity index (χ1n) is 4.35. The molecule has 0 atom stereocenters. The third-order valence-corrected chi connectivity index (χ3v) is 2.61. The van der Waals surface area contributed by atoms with Gasteiger partial charge in [0.05, 0.1) is 6.54 Å². The van der Waals surface area contributed by atoms with Crippen molar-refractivity contribution >= 4 is 45.8 Å². The highest BCUT2D eigenvalue weighted by Gasteiger charge is 2.09. The smallest absolute Gasteiger partial charge is 0.218 e. The molecule has 1 aromatic rings. The highest BCUT2D eigenvalue weighted by Crippen LogP contribution is 2.20. The number of hydrogen-bond donors (Lipinski definition) is 0. The van der Waals surface area contributed by atoms with E-state index < -0.39 is 0 Å². The number of halogens is 3. The Morgan fingerprint density at radius 2 is 1.73 bits per heavy atom. The fourth-order valence-electron chi connectivity index (χ4n) is 1.40. The summed E-state index contributed by atoms with van der Waals surface area (Å²) in [4.78, 5) is 8.06. The molecule has 2 nitrogen and oxygen atoms in total. The molecule has 1 heterocycles. The van der Waals surface area contributed by atoms with E-state index >= 15 is 0 Å². The minimum atomic E-state index is 0.318. The largest absolute Gasteiger partial charge is 0.250 e. The molecular formula is C10H7Cl3N2. The second-order valence-corrected chi connectivity index (χ2v) is 4.43. The van der Waals surface area contributed by atoms with Gasteiger partial charge >= 0.3 is 0 Å². The van der Waals surface area contributed by atoms with Crippen LogP contribution in [0.2, 0.25) is 10.0 Å². The Hall–Kier alpha value is -0.570. The van der Waals surface area contributed by atoms with Crippen LogP contribution in [0.3, 0.4) is 0 Å². The van der Waals surface area contributed by atoms with Gasteiger partial charge in [-0.1, -0.05) is 23.2 Å². The third-order valence-electron chi connectivity index (χ3n) is 1.97. The van der Waals surface area contributed by atoms with E-state index in [1.54, 1.807) is 6.07 Å². The third kappa shape index (κ3) is 2.94. The van der Waals surface area contributed by atoms with Crippen LogP contribution >= 0.6 is 34.8 Å². The summed E-state index contributed by atoms with van der Waals surface area (Å²) in [5.74, 6) is 0. The molecule has 15 heavy (non-hydrogen) atoms. The maximum Gasteiger partial charge on any atom is 0.218 e. The molecule has 0 aliphatic carbocycles. The number of nitrogens with zero attached hydrogens (tertiary/aromatic N) is 2. The van der Waals surface area contributed by atoms with Crippen molar-refractivity contribution in [2.45, 2.75) is 6.42 Å². The molecular weight excluding hydrogens is 254 g/mol. The molecule has 1 aliphatic heterocycles. The average molecular weight is 262 g/mol. The van der Waals surface area contributed by atoms with Crippen molar-refractivity contribution < 1.29 is 0 Å². The van der Waals surface area contributed by atoms with Crippen LogP contribution in [0.5, 0.6) is 0 Å². The molecule has 0 saturated carbocycles. The number of amidine groups is 1. The Balaban J connectivity index is 2.15. The van der Waals surface area contributed by atoms with Gasteiger partial charge in [0, 0.05) is 22.2 Å². The minimum absolute atomic E-state index is 0.318. The SMILES string of the molecule is ClC1=NCC(Cc2cc(Cl)cc(Cl)c2)=N1.